The summed E-state index contributed by atoms with van der Waals surface area (Å²) in [6.07, 6.45) is 3.61. The van der Waals surface area contributed by atoms with E-state index in [0.29, 0.717) is 40.5 Å². The Morgan fingerprint density at radius 3 is 3.06 bits per heavy atom. The molecular formula is C22H19ClFN5O3S. The topological polar surface area (TPSA) is 102 Å². The van der Waals surface area contributed by atoms with Gasteiger partial charge in [-0.1, -0.05) is 11.6 Å². The minimum absolute atomic E-state index is 0.0347. The Bertz CT molecular complexity index is 1360. The highest BCUT2D eigenvalue weighted by Crippen LogP contribution is 2.28. The number of thiazole rings is 1. The van der Waals surface area contributed by atoms with Crippen LogP contribution < -0.4 is 15.6 Å². The first-order valence-corrected chi connectivity index (χ1v) is 11.6. The minimum atomic E-state index is -0.537. The van der Waals surface area contributed by atoms with Crippen molar-refractivity contribution in [2.24, 2.45) is 0 Å². The molecule has 1 atom stereocenters. The number of rotatable bonds is 6. The fourth-order valence-corrected chi connectivity index (χ4v) is 4.51. The summed E-state index contributed by atoms with van der Waals surface area (Å²) in [6.45, 7) is 1.41. The number of aromatic nitrogens is 4. The van der Waals surface area contributed by atoms with Crippen molar-refractivity contribution < 1.29 is 13.9 Å². The van der Waals surface area contributed by atoms with E-state index in [4.69, 9.17) is 21.1 Å². The van der Waals surface area contributed by atoms with Crippen LogP contribution in [-0.2, 0) is 11.3 Å². The van der Waals surface area contributed by atoms with Gasteiger partial charge in [0.15, 0.2) is 5.13 Å². The molecule has 4 aromatic rings. The number of halogens is 2. The Hall–Kier alpha value is -3.08. The van der Waals surface area contributed by atoms with Crippen molar-refractivity contribution in [3.05, 3.63) is 62.9 Å². The predicted octanol–water partition coefficient (Wildman–Crippen LogP) is 4.40. The molecule has 0 amide bonds. The van der Waals surface area contributed by atoms with Crippen LogP contribution in [0, 0.1) is 5.82 Å². The first-order valence-electron chi connectivity index (χ1n) is 10.3. The van der Waals surface area contributed by atoms with Gasteiger partial charge in [-0.15, -0.1) is 11.3 Å². The molecular weight excluding hydrogens is 469 g/mol. The number of anilines is 1. The van der Waals surface area contributed by atoms with E-state index < -0.39 is 5.82 Å². The van der Waals surface area contributed by atoms with E-state index in [2.05, 4.69) is 25.3 Å². The number of ether oxygens (including phenoxy) is 2. The van der Waals surface area contributed by atoms with Gasteiger partial charge in [-0.2, -0.15) is 0 Å². The maximum atomic E-state index is 13.4. The van der Waals surface area contributed by atoms with Crippen molar-refractivity contribution in [3.8, 4) is 17.1 Å². The lowest BCUT2D eigenvalue weighted by Crippen LogP contribution is -2.29. The molecule has 0 saturated carbocycles. The van der Waals surface area contributed by atoms with Crippen LogP contribution in [0.2, 0.25) is 5.02 Å². The summed E-state index contributed by atoms with van der Waals surface area (Å²) in [4.78, 5) is 29.0. The van der Waals surface area contributed by atoms with Gasteiger partial charge in [0.2, 0.25) is 0 Å². The Labute approximate surface area is 196 Å². The van der Waals surface area contributed by atoms with Crippen LogP contribution in [0.5, 0.6) is 5.75 Å². The molecule has 170 valence electrons. The molecule has 1 fully saturated rings. The van der Waals surface area contributed by atoms with E-state index in [1.54, 1.807) is 12.3 Å². The molecule has 8 nitrogen and oxygen atoms in total. The highest BCUT2D eigenvalue weighted by atomic mass is 35.5. The molecule has 5 rings (SSSR count). The predicted molar refractivity (Wildman–Crippen MR) is 124 cm³/mol. The molecule has 1 aliphatic rings. The first-order chi connectivity index (χ1) is 16.1. The molecule has 0 spiro atoms. The van der Waals surface area contributed by atoms with E-state index >= 15 is 0 Å². The third-order valence-corrected chi connectivity index (χ3v) is 6.24. The van der Waals surface area contributed by atoms with Gasteiger partial charge in [0, 0.05) is 24.3 Å². The second-order valence-corrected chi connectivity index (χ2v) is 8.79. The highest BCUT2D eigenvalue weighted by Gasteiger charge is 2.18. The molecule has 1 aromatic carbocycles. The van der Waals surface area contributed by atoms with E-state index in [1.165, 1.54) is 29.5 Å². The van der Waals surface area contributed by atoms with E-state index in [9.17, 15) is 9.18 Å². The summed E-state index contributed by atoms with van der Waals surface area (Å²) in [7, 11) is 0. The number of H-pyrrole nitrogens is 1. The van der Waals surface area contributed by atoms with Crippen molar-refractivity contribution in [2.75, 3.05) is 18.5 Å². The molecule has 1 aliphatic heterocycles. The van der Waals surface area contributed by atoms with Crippen LogP contribution in [0.1, 0.15) is 18.7 Å². The van der Waals surface area contributed by atoms with Crippen LogP contribution in [0.4, 0.5) is 9.52 Å². The van der Waals surface area contributed by atoms with E-state index in [-0.39, 0.29) is 23.2 Å². The second kappa shape index (κ2) is 9.42. The summed E-state index contributed by atoms with van der Waals surface area (Å²) < 4.78 is 24.5. The quantitative estimate of drug-likeness (QED) is 0.415. The Morgan fingerprint density at radius 1 is 1.33 bits per heavy atom. The van der Waals surface area contributed by atoms with Gasteiger partial charge in [0.25, 0.3) is 5.56 Å². The maximum absolute atomic E-state index is 13.4. The average molecular weight is 488 g/mol. The molecule has 4 heterocycles. The average Bonchev–Trinajstić information content (AvgIpc) is 3.28. The van der Waals surface area contributed by atoms with Gasteiger partial charge in [-0.05, 0) is 31.0 Å². The smallest absolute Gasteiger partial charge is 0.258 e. The van der Waals surface area contributed by atoms with Crippen molar-refractivity contribution in [1.82, 2.24) is 19.9 Å². The number of benzene rings is 1. The van der Waals surface area contributed by atoms with Crippen molar-refractivity contribution >= 4 is 39.0 Å². The van der Waals surface area contributed by atoms with Gasteiger partial charge >= 0.3 is 0 Å². The Morgan fingerprint density at radius 2 is 2.24 bits per heavy atom. The number of nitrogens with zero attached hydrogens (tertiary/aromatic N) is 3. The Kier molecular flexibility index (Phi) is 6.21. The van der Waals surface area contributed by atoms with Crippen LogP contribution >= 0.6 is 22.9 Å². The van der Waals surface area contributed by atoms with Gasteiger partial charge in [0.05, 0.1) is 23.1 Å². The molecule has 1 saturated heterocycles. The van der Waals surface area contributed by atoms with Crippen LogP contribution in [0.25, 0.3) is 22.3 Å². The minimum Gasteiger partial charge on any atom is -0.486 e. The molecule has 3 aromatic heterocycles. The maximum Gasteiger partial charge on any atom is 0.258 e. The zero-order valence-electron chi connectivity index (χ0n) is 17.3. The molecule has 0 aliphatic carbocycles. The fraction of sp³-hybridized carbons (Fsp3) is 0.273. The summed E-state index contributed by atoms with van der Waals surface area (Å²) in [6, 6.07) is 5.87. The summed E-state index contributed by atoms with van der Waals surface area (Å²) in [5.41, 5.74) is 1.25. The van der Waals surface area contributed by atoms with E-state index in [0.717, 1.165) is 24.6 Å². The zero-order chi connectivity index (χ0) is 22.8. The summed E-state index contributed by atoms with van der Waals surface area (Å²) in [5.74, 6) is 0.123. The molecule has 0 bridgehead atoms. The SMILES string of the molecule is O=c1[nH]c(COc2ccc(F)c(Cl)c2)nc2c(-c3csc(NC4CCCOC4)n3)nccc12. The number of fused-ring (bicyclic) bond motifs is 1. The number of pyridine rings is 1. The lowest BCUT2D eigenvalue weighted by atomic mass is 10.1. The highest BCUT2D eigenvalue weighted by molar-refractivity contribution is 7.14. The van der Waals surface area contributed by atoms with Gasteiger partial charge < -0.3 is 19.8 Å². The lowest BCUT2D eigenvalue weighted by Gasteiger charge is -2.22. The molecule has 11 heteroatoms. The van der Waals surface area contributed by atoms with Crippen molar-refractivity contribution in [2.45, 2.75) is 25.5 Å². The lowest BCUT2D eigenvalue weighted by molar-refractivity contribution is 0.0876. The van der Waals surface area contributed by atoms with Crippen LogP contribution in [-0.4, -0.2) is 39.2 Å². The first kappa shape index (κ1) is 21.7. The molecule has 2 N–H and O–H groups in total. The Balaban J connectivity index is 1.42. The van der Waals surface area contributed by atoms with Crippen molar-refractivity contribution in [3.63, 3.8) is 0 Å². The van der Waals surface area contributed by atoms with Gasteiger partial charge in [-0.25, -0.2) is 14.4 Å². The number of hydrogen-bond acceptors (Lipinski definition) is 8. The number of nitrogens with one attached hydrogen (secondary N) is 2. The summed E-state index contributed by atoms with van der Waals surface area (Å²) in [5, 5.41) is 6.40. The fourth-order valence-electron chi connectivity index (χ4n) is 3.56. The zero-order valence-corrected chi connectivity index (χ0v) is 18.9. The third-order valence-electron chi connectivity index (χ3n) is 5.17. The molecule has 33 heavy (non-hydrogen) atoms. The molecule has 0 radical (unpaired) electrons. The number of hydrogen-bond donors (Lipinski definition) is 2. The monoisotopic (exact) mass is 487 g/mol. The third kappa shape index (κ3) is 4.82. The van der Waals surface area contributed by atoms with Gasteiger partial charge in [0.1, 0.15) is 40.9 Å². The standard InChI is InChI=1S/C22H19ClFN5O3S/c23-15-8-13(3-4-16(15)24)32-10-18-28-19-14(21(30)29-18)5-6-25-20(19)17-11-33-22(27-17)26-12-2-1-7-31-9-12/h3-6,8,11-12H,1-2,7,9-10H2,(H,26,27)(H,28,29,30). The number of aromatic amines is 1. The van der Waals surface area contributed by atoms with E-state index in [1.807, 2.05) is 5.38 Å². The largest absolute Gasteiger partial charge is 0.486 e. The van der Waals surface area contributed by atoms with Gasteiger partial charge in [-0.3, -0.25) is 9.78 Å². The second-order valence-electron chi connectivity index (χ2n) is 7.53. The molecule has 1 unspecified atom stereocenters. The van der Waals surface area contributed by atoms with Crippen LogP contribution in [0.3, 0.4) is 0 Å². The summed E-state index contributed by atoms with van der Waals surface area (Å²) >= 11 is 7.26. The normalized spacial score (nSPS) is 16.1. The van der Waals surface area contributed by atoms with Crippen LogP contribution in [0.15, 0.2) is 40.6 Å². The van der Waals surface area contributed by atoms with Crippen molar-refractivity contribution in [1.29, 1.82) is 0 Å².